The molecule has 158 valence electrons. The van der Waals surface area contributed by atoms with Crippen LogP contribution in [0.4, 0.5) is 10.1 Å². The number of benzene rings is 2. The number of rotatable bonds is 9. The number of nitrogens with one attached hydrogen (secondary N) is 1. The van der Waals surface area contributed by atoms with Gasteiger partial charge in [-0.05, 0) is 30.3 Å². The average molecular weight is 426 g/mol. The van der Waals surface area contributed by atoms with Crippen LogP contribution in [0.15, 0.2) is 41.3 Å². The van der Waals surface area contributed by atoms with Crippen LogP contribution in [0.1, 0.15) is 6.92 Å². The lowest BCUT2D eigenvalue weighted by atomic mass is 10.2. The molecule has 2 rings (SSSR count). The first-order chi connectivity index (χ1) is 13.8. The van der Waals surface area contributed by atoms with Crippen LogP contribution in [0.25, 0.3) is 0 Å². The Hall–Kier alpha value is -2.85. The minimum absolute atomic E-state index is 0.00134. The third-order valence-electron chi connectivity index (χ3n) is 4.08. The molecule has 0 radical (unpaired) electrons. The summed E-state index contributed by atoms with van der Waals surface area (Å²) in [5.74, 6) is -0.408. The van der Waals surface area contributed by atoms with Crippen LogP contribution < -0.4 is 19.5 Å². The minimum Gasteiger partial charge on any atom is -0.495 e. The largest absolute Gasteiger partial charge is 0.495 e. The van der Waals surface area contributed by atoms with Gasteiger partial charge in [0.2, 0.25) is 15.9 Å². The van der Waals surface area contributed by atoms with Crippen LogP contribution in [-0.4, -0.2) is 53.0 Å². The third-order valence-corrected chi connectivity index (χ3v) is 6.03. The van der Waals surface area contributed by atoms with Crippen LogP contribution in [0.2, 0.25) is 0 Å². The van der Waals surface area contributed by atoms with E-state index >= 15 is 0 Å². The first-order valence-corrected chi connectivity index (χ1v) is 10.1. The van der Waals surface area contributed by atoms with Crippen LogP contribution in [0, 0.1) is 5.82 Å². The van der Waals surface area contributed by atoms with Gasteiger partial charge in [-0.2, -0.15) is 4.31 Å². The molecule has 0 saturated heterocycles. The molecule has 0 aromatic heterocycles. The number of hydrogen-bond donors (Lipinski definition) is 1. The number of methoxy groups -OCH3 is 3. The lowest BCUT2D eigenvalue weighted by Gasteiger charge is -2.21. The molecule has 2 aromatic carbocycles. The molecule has 0 aliphatic rings. The molecule has 0 unspecified atom stereocenters. The first kappa shape index (κ1) is 22.4. The Balaban J connectivity index is 2.23. The van der Waals surface area contributed by atoms with E-state index in [4.69, 9.17) is 14.2 Å². The highest BCUT2D eigenvalue weighted by molar-refractivity contribution is 7.89. The van der Waals surface area contributed by atoms with Crippen molar-refractivity contribution in [3.63, 3.8) is 0 Å². The van der Waals surface area contributed by atoms with Crippen molar-refractivity contribution in [1.29, 1.82) is 0 Å². The predicted octanol–water partition coefficient (Wildman–Crippen LogP) is 2.50. The van der Waals surface area contributed by atoms with Gasteiger partial charge in [0.15, 0.2) is 11.5 Å². The summed E-state index contributed by atoms with van der Waals surface area (Å²) in [5.41, 5.74) is 0.407. The number of hydrogen-bond acceptors (Lipinski definition) is 6. The number of likely N-dealkylation sites (N-methyl/N-ethyl adjacent to an activating group) is 1. The molecule has 10 heteroatoms. The molecule has 0 aliphatic carbocycles. The second kappa shape index (κ2) is 9.57. The highest BCUT2D eigenvalue weighted by Crippen LogP contribution is 2.30. The van der Waals surface area contributed by atoms with Crippen molar-refractivity contribution in [1.82, 2.24) is 4.31 Å². The smallest absolute Gasteiger partial charge is 0.247 e. The molecule has 0 heterocycles. The van der Waals surface area contributed by atoms with Crippen molar-refractivity contribution in [2.45, 2.75) is 11.8 Å². The summed E-state index contributed by atoms with van der Waals surface area (Å²) in [6.07, 6.45) is 0. The van der Waals surface area contributed by atoms with Crippen molar-refractivity contribution in [3.8, 4) is 17.2 Å². The molecule has 0 spiro atoms. The number of nitrogens with zero attached hydrogens (tertiary/aromatic N) is 1. The van der Waals surface area contributed by atoms with Gasteiger partial charge in [-0.1, -0.05) is 6.92 Å². The normalized spacial score (nSPS) is 11.2. The lowest BCUT2D eigenvalue weighted by Crippen LogP contribution is -2.38. The van der Waals surface area contributed by atoms with Crippen molar-refractivity contribution >= 4 is 21.6 Å². The van der Waals surface area contributed by atoms with E-state index in [0.717, 1.165) is 16.4 Å². The third kappa shape index (κ3) is 5.15. The number of anilines is 1. The van der Waals surface area contributed by atoms with E-state index in [1.807, 2.05) is 0 Å². The average Bonchev–Trinajstić information content (AvgIpc) is 2.71. The summed E-state index contributed by atoms with van der Waals surface area (Å²) in [6.45, 7) is 1.11. The number of ether oxygens (including phenoxy) is 3. The van der Waals surface area contributed by atoms with Gasteiger partial charge in [0.1, 0.15) is 16.5 Å². The molecular weight excluding hydrogens is 403 g/mol. The molecule has 0 saturated carbocycles. The van der Waals surface area contributed by atoms with Gasteiger partial charge in [-0.25, -0.2) is 12.8 Å². The highest BCUT2D eigenvalue weighted by Gasteiger charge is 2.29. The standard InChI is InChI=1S/C19H23FN2O6S/c1-5-22(29(24,25)18-10-13(20)6-8-16(18)27-3)12-19(23)21-14-7-9-15(26-2)17(11-14)28-4/h6-11H,5,12H2,1-4H3,(H,21,23). The molecule has 0 aliphatic heterocycles. The lowest BCUT2D eigenvalue weighted by molar-refractivity contribution is -0.116. The number of sulfonamides is 1. The molecule has 2 aromatic rings. The first-order valence-electron chi connectivity index (χ1n) is 8.62. The topological polar surface area (TPSA) is 94.2 Å². The zero-order chi connectivity index (χ0) is 21.6. The summed E-state index contributed by atoms with van der Waals surface area (Å²) >= 11 is 0. The van der Waals surface area contributed by atoms with Gasteiger partial charge in [0.25, 0.3) is 0 Å². The van der Waals surface area contributed by atoms with E-state index < -0.39 is 28.3 Å². The van der Waals surface area contributed by atoms with Crippen molar-refractivity contribution in [3.05, 3.63) is 42.2 Å². The van der Waals surface area contributed by atoms with Gasteiger partial charge in [0, 0.05) is 18.3 Å². The Labute approximate surface area is 169 Å². The Bertz CT molecular complexity index is 981. The van der Waals surface area contributed by atoms with E-state index in [9.17, 15) is 17.6 Å². The SMILES string of the molecule is CCN(CC(=O)Nc1ccc(OC)c(OC)c1)S(=O)(=O)c1cc(F)ccc1OC. The quantitative estimate of drug-likeness (QED) is 0.662. The Morgan fingerprint density at radius 3 is 2.21 bits per heavy atom. The Morgan fingerprint density at radius 1 is 1.00 bits per heavy atom. The maximum Gasteiger partial charge on any atom is 0.247 e. The molecule has 0 atom stereocenters. The zero-order valence-corrected chi connectivity index (χ0v) is 17.4. The fraction of sp³-hybridized carbons (Fsp3) is 0.316. The summed E-state index contributed by atoms with van der Waals surface area (Å²) in [7, 11) is 0.0661. The Morgan fingerprint density at radius 2 is 1.62 bits per heavy atom. The van der Waals surface area contributed by atoms with Gasteiger partial charge in [0.05, 0.1) is 27.9 Å². The molecule has 8 nitrogen and oxygen atoms in total. The molecule has 1 amide bonds. The number of amides is 1. The van der Waals surface area contributed by atoms with Gasteiger partial charge >= 0.3 is 0 Å². The molecule has 1 N–H and O–H groups in total. The van der Waals surface area contributed by atoms with E-state index in [1.165, 1.54) is 27.4 Å². The molecule has 29 heavy (non-hydrogen) atoms. The second-order valence-electron chi connectivity index (χ2n) is 5.84. The van der Waals surface area contributed by atoms with Crippen LogP contribution in [0.5, 0.6) is 17.2 Å². The maximum atomic E-state index is 13.6. The second-order valence-corrected chi connectivity index (χ2v) is 7.75. The van der Waals surface area contributed by atoms with Gasteiger partial charge < -0.3 is 19.5 Å². The summed E-state index contributed by atoms with van der Waals surface area (Å²) in [4.78, 5) is 12.1. The van der Waals surface area contributed by atoms with Gasteiger partial charge in [-0.3, -0.25) is 4.79 Å². The predicted molar refractivity (Wildman–Crippen MR) is 106 cm³/mol. The summed E-state index contributed by atoms with van der Waals surface area (Å²) in [5, 5.41) is 2.61. The van der Waals surface area contributed by atoms with Crippen LogP contribution in [-0.2, 0) is 14.8 Å². The summed E-state index contributed by atoms with van der Waals surface area (Å²) < 4.78 is 55.8. The Kier molecular flexibility index (Phi) is 7.40. The number of carbonyl (C=O) groups excluding carboxylic acids is 1. The van der Waals surface area contributed by atoms with E-state index in [2.05, 4.69) is 5.32 Å². The number of carbonyl (C=O) groups is 1. The minimum atomic E-state index is -4.16. The number of halogens is 1. The van der Waals surface area contributed by atoms with Crippen molar-refractivity contribution in [2.75, 3.05) is 39.7 Å². The monoisotopic (exact) mass is 426 g/mol. The maximum absolute atomic E-state index is 13.6. The fourth-order valence-corrected chi connectivity index (χ4v) is 4.21. The van der Waals surface area contributed by atoms with E-state index in [-0.39, 0.29) is 17.2 Å². The summed E-state index contributed by atoms with van der Waals surface area (Å²) in [6, 6.07) is 7.94. The molecular formula is C19H23FN2O6S. The van der Waals surface area contributed by atoms with E-state index in [0.29, 0.717) is 17.2 Å². The van der Waals surface area contributed by atoms with Crippen LogP contribution in [0.3, 0.4) is 0 Å². The van der Waals surface area contributed by atoms with Crippen molar-refractivity contribution in [2.24, 2.45) is 0 Å². The van der Waals surface area contributed by atoms with E-state index in [1.54, 1.807) is 25.1 Å². The molecule has 0 fully saturated rings. The van der Waals surface area contributed by atoms with Crippen LogP contribution >= 0.6 is 0 Å². The highest BCUT2D eigenvalue weighted by atomic mass is 32.2. The zero-order valence-electron chi connectivity index (χ0n) is 16.6. The molecule has 0 bridgehead atoms. The van der Waals surface area contributed by atoms with Crippen molar-refractivity contribution < 1.29 is 31.8 Å². The van der Waals surface area contributed by atoms with Gasteiger partial charge in [-0.15, -0.1) is 0 Å². The fourth-order valence-electron chi connectivity index (χ4n) is 2.63.